The molecule has 1 N–H and O–H groups in total. The van der Waals surface area contributed by atoms with Gasteiger partial charge in [0.25, 0.3) is 0 Å². The number of nitrogens with zero attached hydrogens (tertiary/aromatic N) is 2. The maximum atomic E-state index is 12.4. The Balaban J connectivity index is 1.65. The van der Waals surface area contributed by atoms with E-state index < -0.39 is 22.0 Å². The largest absolute Gasteiger partial charge is 0.404 e. The molecule has 0 bridgehead atoms. The first-order valence-electron chi connectivity index (χ1n) is 9.66. The summed E-state index contributed by atoms with van der Waals surface area (Å²) in [6.07, 6.45) is -4.79. The summed E-state index contributed by atoms with van der Waals surface area (Å²) in [4.78, 5) is 9.56. The van der Waals surface area contributed by atoms with Gasteiger partial charge in [0.05, 0.1) is 22.4 Å². The van der Waals surface area contributed by atoms with Crippen molar-refractivity contribution >= 4 is 21.1 Å². The normalized spacial score (nSPS) is 12.2. The Kier molecular flexibility index (Phi) is 5.94. The van der Waals surface area contributed by atoms with Crippen LogP contribution in [0.4, 0.5) is 13.2 Å². The fourth-order valence-electron chi connectivity index (χ4n) is 3.24. The average molecular weight is 457 g/mol. The molecule has 0 spiro atoms. The van der Waals surface area contributed by atoms with Crippen LogP contribution in [0.3, 0.4) is 0 Å². The Hall–Kier alpha value is -3.30. The molecule has 0 unspecified atom stereocenters. The number of halogens is 3. The summed E-state index contributed by atoms with van der Waals surface area (Å²) in [5, 5.41) is 0. The Labute approximate surface area is 183 Å². The molecule has 1 aromatic heterocycles. The van der Waals surface area contributed by atoms with E-state index in [2.05, 4.69) is 0 Å². The van der Waals surface area contributed by atoms with Crippen LogP contribution in [0.1, 0.15) is 5.56 Å². The minimum absolute atomic E-state index is 0.242. The molecule has 1 heterocycles. The average Bonchev–Trinajstić information content (AvgIpc) is 2.76. The first-order valence-corrected chi connectivity index (χ1v) is 11.3. The molecule has 4 rings (SSSR count). The van der Waals surface area contributed by atoms with Gasteiger partial charge in [-0.25, -0.2) is 23.1 Å². The summed E-state index contributed by atoms with van der Waals surface area (Å²) in [5.41, 5.74) is 5.00. The smallest absolute Gasteiger partial charge is 0.244 e. The van der Waals surface area contributed by atoms with Gasteiger partial charge >= 0.3 is 6.18 Å². The first kappa shape index (κ1) is 21.9. The predicted molar refractivity (Wildman–Crippen MR) is 117 cm³/mol. The van der Waals surface area contributed by atoms with E-state index in [0.29, 0.717) is 17.0 Å². The highest BCUT2D eigenvalue weighted by Crippen LogP contribution is 2.31. The number of fused-ring (bicyclic) bond motifs is 1. The topological polar surface area (TPSA) is 72.0 Å². The molecule has 0 aliphatic rings. The van der Waals surface area contributed by atoms with E-state index in [4.69, 9.17) is 9.97 Å². The van der Waals surface area contributed by atoms with E-state index in [1.807, 2.05) is 59.3 Å². The third kappa shape index (κ3) is 5.30. The van der Waals surface area contributed by atoms with E-state index in [0.717, 1.165) is 22.2 Å². The van der Waals surface area contributed by atoms with Crippen molar-refractivity contribution in [3.8, 4) is 22.5 Å². The Morgan fingerprint density at radius 3 is 1.75 bits per heavy atom. The van der Waals surface area contributed by atoms with Gasteiger partial charge in [-0.2, -0.15) is 13.2 Å². The number of para-hydroxylation sites is 2. The first-order chi connectivity index (χ1) is 15.2. The van der Waals surface area contributed by atoms with Crippen LogP contribution in [0.15, 0.2) is 78.9 Å². The zero-order chi connectivity index (χ0) is 22.8. The van der Waals surface area contributed by atoms with Gasteiger partial charge in [0, 0.05) is 17.7 Å². The summed E-state index contributed by atoms with van der Waals surface area (Å²) in [5.74, 6) is -1.91. The standard InChI is InChI=1S/C23H18F3N3O2S/c24-23(25,26)15-32(30,31)27-14-16-10-12-18(13-11-16)22-21(17-6-2-1-3-7-17)28-19-8-4-5-9-20(19)29-22/h1-13,27H,14-15H2. The molecule has 9 heteroatoms. The molecular weight excluding hydrogens is 439 g/mol. The fraction of sp³-hybridized carbons (Fsp3) is 0.130. The third-order valence-electron chi connectivity index (χ3n) is 4.70. The Morgan fingerprint density at radius 1 is 0.719 bits per heavy atom. The zero-order valence-electron chi connectivity index (χ0n) is 16.7. The maximum Gasteiger partial charge on any atom is 0.404 e. The number of benzene rings is 3. The lowest BCUT2D eigenvalue weighted by atomic mass is 10.0. The van der Waals surface area contributed by atoms with Crippen molar-refractivity contribution in [3.05, 3.63) is 84.4 Å². The van der Waals surface area contributed by atoms with Crippen LogP contribution in [-0.2, 0) is 16.6 Å². The van der Waals surface area contributed by atoms with Gasteiger partial charge in [-0.3, -0.25) is 0 Å². The van der Waals surface area contributed by atoms with Crippen LogP contribution in [0.5, 0.6) is 0 Å². The second kappa shape index (κ2) is 8.68. The SMILES string of the molecule is O=S(=O)(CC(F)(F)F)NCc1ccc(-c2nc3ccccc3nc2-c2ccccc2)cc1. The van der Waals surface area contributed by atoms with Crippen LogP contribution in [-0.4, -0.2) is 30.3 Å². The van der Waals surface area contributed by atoms with E-state index in [1.165, 1.54) is 0 Å². The Bertz CT molecular complexity index is 1340. The molecule has 32 heavy (non-hydrogen) atoms. The number of aromatic nitrogens is 2. The van der Waals surface area contributed by atoms with Crippen molar-refractivity contribution in [3.63, 3.8) is 0 Å². The van der Waals surface area contributed by atoms with Crippen molar-refractivity contribution in [1.82, 2.24) is 14.7 Å². The molecule has 3 aromatic carbocycles. The molecule has 0 fully saturated rings. The number of nitrogens with one attached hydrogen (secondary N) is 1. The van der Waals surface area contributed by atoms with Crippen molar-refractivity contribution in [1.29, 1.82) is 0 Å². The number of sulfonamides is 1. The minimum Gasteiger partial charge on any atom is -0.244 e. The number of alkyl halides is 3. The van der Waals surface area contributed by atoms with Gasteiger partial charge in [-0.05, 0) is 17.7 Å². The highest BCUT2D eigenvalue weighted by atomic mass is 32.2. The highest BCUT2D eigenvalue weighted by Gasteiger charge is 2.34. The van der Waals surface area contributed by atoms with Crippen molar-refractivity contribution in [2.45, 2.75) is 12.7 Å². The molecule has 0 saturated carbocycles. The van der Waals surface area contributed by atoms with Gasteiger partial charge in [0.1, 0.15) is 0 Å². The third-order valence-corrected chi connectivity index (χ3v) is 5.99. The number of hydrogen-bond donors (Lipinski definition) is 1. The minimum atomic E-state index is -4.79. The van der Waals surface area contributed by atoms with Crippen molar-refractivity contribution in [2.75, 3.05) is 5.75 Å². The summed E-state index contributed by atoms with van der Waals surface area (Å²) in [6, 6.07) is 23.9. The van der Waals surface area contributed by atoms with E-state index in [-0.39, 0.29) is 6.54 Å². The molecule has 0 aliphatic carbocycles. The summed E-state index contributed by atoms with van der Waals surface area (Å²) in [6.45, 7) is -0.242. The summed E-state index contributed by atoms with van der Waals surface area (Å²) >= 11 is 0. The molecule has 0 atom stereocenters. The van der Waals surface area contributed by atoms with Gasteiger partial charge in [-0.1, -0.05) is 66.7 Å². The summed E-state index contributed by atoms with van der Waals surface area (Å²) < 4.78 is 62.3. The predicted octanol–water partition coefficient (Wildman–Crippen LogP) is 4.95. The van der Waals surface area contributed by atoms with Crippen LogP contribution in [0.25, 0.3) is 33.5 Å². The maximum absolute atomic E-state index is 12.4. The molecule has 0 radical (unpaired) electrons. The van der Waals surface area contributed by atoms with Gasteiger partial charge in [0.2, 0.25) is 10.0 Å². The zero-order valence-corrected chi connectivity index (χ0v) is 17.5. The lowest BCUT2D eigenvalue weighted by Gasteiger charge is -2.12. The van der Waals surface area contributed by atoms with Crippen LogP contribution in [0, 0.1) is 0 Å². The molecule has 4 aromatic rings. The van der Waals surface area contributed by atoms with Crippen LogP contribution >= 0.6 is 0 Å². The summed E-state index contributed by atoms with van der Waals surface area (Å²) in [7, 11) is -4.46. The lowest BCUT2D eigenvalue weighted by molar-refractivity contribution is -0.106. The molecule has 0 saturated heterocycles. The monoisotopic (exact) mass is 457 g/mol. The van der Waals surface area contributed by atoms with Crippen molar-refractivity contribution < 1.29 is 21.6 Å². The highest BCUT2D eigenvalue weighted by molar-refractivity contribution is 7.89. The van der Waals surface area contributed by atoms with Crippen molar-refractivity contribution in [2.24, 2.45) is 0 Å². The van der Waals surface area contributed by atoms with Gasteiger partial charge in [0.15, 0.2) is 5.75 Å². The molecule has 164 valence electrons. The molecule has 5 nitrogen and oxygen atoms in total. The van der Waals surface area contributed by atoms with Crippen LogP contribution in [0.2, 0.25) is 0 Å². The number of hydrogen-bond acceptors (Lipinski definition) is 4. The van der Waals surface area contributed by atoms with E-state index in [1.54, 1.807) is 24.3 Å². The van der Waals surface area contributed by atoms with E-state index in [9.17, 15) is 21.6 Å². The lowest BCUT2D eigenvalue weighted by Crippen LogP contribution is -2.33. The molecule has 0 aliphatic heterocycles. The van der Waals surface area contributed by atoms with Gasteiger partial charge in [-0.15, -0.1) is 0 Å². The fourth-order valence-corrected chi connectivity index (χ4v) is 4.16. The second-order valence-corrected chi connectivity index (χ2v) is 8.97. The number of rotatable bonds is 6. The van der Waals surface area contributed by atoms with Gasteiger partial charge < -0.3 is 0 Å². The quantitative estimate of drug-likeness (QED) is 0.445. The molecule has 0 amide bonds. The Morgan fingerprint density at radius 2 is 1.22 bits per heavy atom. The second-order valence-electron chi connectivity index (χ2n) is 7.17. The van der Waals surface area contributed by atoms with E-state index >= 15 is 0 Å². The molecular formula is C23H18F3N3O2S. The van der Waals surface area contributed by atoms with Crippen LogP contribution < -0.4 is 4.72 Å².